The van der Waals surface area contributed by atoms with E-state index in [1.807, 2.05) is 13.0 Å². The molecule has 12 heteroatoms. The summed E-state index contributed by atoms with van der Waals surface area (Å²) in [7, 11) is -3.82. The van der Waals surface area contributed by atoms with E-state index >= 15 is 0 Å². The molecule has 0 saturated carbocycles. The Kier molecular flexibility index (Phi) is 6.46. The van der Waals surface area contributed by atoms with Crippen LogP contribution in [0.1, 0.15) is 24.2 Å². The zero-order chi connectivity index (χ0) is 23.8. The molecule has 1 aromatic heterocycles. The average molecular weight is 493 g/mol. The highest BCUT2D eigenvalue weighted by Gasteiger charge is 2.32. The molecular formula is C21H22ClFN6O3S. The van der Waals surface area contributed by atoms with E-state index in [4.69, 9.17) is 11.6 Å². The zero-order valence-electron chi connectivity index (χ0n) is 18.0. The number of hydrogen-bond donors (Lipinski definition) is 1. The number of aromatic nitrogens is 4. The lowest BCUT2D eigenvalue weighted by Crippen LogP contribution is -2.41. The Hall–Kier alpha value is -2.89. The van der Waals surface area contributed by atoms with Gasteiger partial charge in [-0.15, -0.1) is 5.10 Å². The highest BCUT2D eigenvalue weighted by molar-refractivity contribution is 7.89. The Morgan fingerprint density at radius 2 is 1.88 bits per heavy atom. The molecule has 0 atom stereocenters. The molecule has 1 fully saturated rings. The molecule has 1 aliphatic heterocycles. The van der Waals surface area contributed by atoms with E-state index in [0.29, 0.717) is 24.4 Å². The van der Waals surface area contributed by atoms with Crippen LogP contribution in [0.25, 0.3) is 5.69 Å². The van der Waals surface area contributed by atoms with Gasteiger partial charge in [0.1, 0.15) is 5.82 Å². The Morgan fingerprint density at radius 3 is 2.52 bits per heavy atom. The topological polar surface area (TPSA) is 110 Å². The molecule has 2 heterocycles. The second-order valence-corrected chi connectivity index (χ2v) is 10.2. The molecule has 0 radical (unpaired) electrons. The summed E-state index contributed by atoms with van der Waals surface area (Å²) in [4.78, 5) is 12.8. The number of hydrogen-bond acceptors (Lipinski definition) is 6. The number of aryl methyl sites for hydroxylation is 2. The summed E-state index contributed by atoms with van der Waals surface area (Å²) < 4.78 is 42.0. The van der Waals surface area contributed by atoms with Gasteiger partial charge in [-0.3, -0.25) is 4.79 Å². The number of halogens is 2. The predicted octanol–water partition coefficient (Wildman–Crippen LogP) is 3.11. The molecule has 1 aliphatic rings. The first-order valence-electron chi connectivity index (χ1n) is 10.3. The lowest BCUT2D eigenvalue weighted by Gasteiger charge is -2.30. The van der Waals surface area contributed by atoms with Crippen LogP contribution in [0.3, 0.4) is 0 Å². The summed E-state index contributed by atoms with van der Waals surface area (Å²) in [6, 6.07) is 8.79. The van der Waals surface area contributed by atoms with Gasteiger partial charge in [-0.25, -0.2) is 12.8 Å². The van der Waals surface area contributed by atoms with Crippen LogP contribution in [0.5, 0.6) is 0 Å². The third-order valence-corrected chi connectivity index (χ3v) is 7.87. The fraction of sp³-hybridized carbons (Fsp3) is 0.333. The second kappa shape index (κ2) is 9.16. The molecule has 174 valence electrons. The number of tetrazole rings is 1. The van der Waals surface area contributed by atoms with Crippen molar-refractivity contribution >= 4 is 33.2 Å². The molecule has 0 bridgehead atoms. The number of carbonyl (C=O) groups excluding carboxylic acids is 1. The SMILES string of the molecule is Cc1ccc(NC(=O)C2CCN(S(=O)(=O)c3ccc(F)c(Cl)c3)CC2)cc1-n1nnnc1C. The van der Waals surface area contributed by atoms with Crippen molar-refractivity contribution in [2.24, 2.45) is 5.92 Å². The number of anilines is 1. The summed E-state index contributed by atoms with van der Waals surface area (Å²) in [6.07, 6.45) is 0.732. The third kappa shape index (κ3) is 4.75. The number of nitrogens with one attached hydrogen (secondary N) is 1. The average Bonchev–Trinajstić information content (AvgIpc) is 3.22. The molecule has 0 unspecified atom stereocenters. The highest BCUT2D eigenvalue weighted by Crippen LogP contribution is 2.27. The minimum absolute atomic E-state index is 0.0677. The van der Waals surface area contributed by atoms with Gasteiger partial charge in [-0.2, -0.15) is 8.99 Å². The Labute approximate surface area is 195 Å². The van der Waals surface area contributed by atoms with Gasteiger partial charge < -0.3 is 5.32 Å². The quantitative estimate of drug-likeness (QED) is 0.586. The van der Waals surface area contributed by atoms with Crippen LogP contribution in [-0.2, 0) is 14.8 Å². The minimum Gasteiger partial charge on any atom is -0.326 e. The van der Waals surface area contributed by atoms with E-state index in [9.17, 15) is 17.6 Å². The van der Waals surface area contributed by atoms with Crippen molar-refractivity contribution in [2.45, 2.75) is 31.6 Å². The lowest BCUT2D eigenvalue weighted by molar-refractivity contribution is -0.120. The van der Waals surface area contributed by atoms with Crippen LogP contribution < -0.4 is 5.32 Å². The van der Waals surface area contributed by atoms with Gasteiger partial charge in [0, 0.05) is 24.7 Å². The van der Waals surface area contributed by atoms with Gasteiger partial charge in [0.05, 0.1) is 15.6 Å². The summed E-state index contributed by atoms with van der Waals surface area (Å²) >= 11 is 5.74. The van der Waals surface area contributed by atoms with Crippen molar-refractivity contribution in [2.75, 3.05) is 18.4 Å². The molecular weight excluding hydrogens is 471 g/mol. The van der Waals surface area contributed by atoms with E-state index in [1.165, 1.54) is 10.4 Å². The maximum absolute atomic E-state index is 13.4. The van der Waals surface area contributed by atoms with Gasteiger partial charge in [-0.1, -0.05) is 17.7 Å². The number of nitrogens with zero attached hydrogens (tertiary/aromatic N) is 5. The standard InChI is InChI=1S/C21H22ClFN6O3S/c1-13-3-4-16(11-20(13)29-14(2)25-26-27-29)24-21(30)15-7-9-28(10-8-15)33(31,32)17-5-6-19(23)18(22)12-17/h3-6,11-12,15H,7-10H2,1-2H3,(H,24,30). The van der Waals surface area contributed by atoms with E-state index < -0.39 is 15.8 Å². The van der Waals surface area contributed by atoms with E-state index in [0.717, 1.165) is 23.4 Å². The Bertz CT molecular complexity index is 1310. The normalized spacial score (nSPS) is 15.5. The highest BCUT2D eigenvalue weighted by atomic mass is 35.5. The van der Waals surface area contributed by atoms with Crippen LogP contribution in [0, 0.1) is 25.6 Å². The van der Waals surface area contributed by atoms with E-state index in [1.54, 1.807) is 23.7 Å². The van der Waals surface area contributed by atoms with Crippen LogP contribution in [0.4, 0.5) is 10.1 Å². The lowest BCUT2D eigenvalue weighted by atomic mass is 9.97. The van der Waals surface area contributed by atoms with Crippen molar-refractivity contribution < 1.29 is 17.6 Å². The Morgan fingerprint density at radius 1 is 1.15 bits per heavy atom. The molecule has 1 saturated heterocycles. The van der Waals surface area contributed by atoms with Crippen molar-refractivity contribution in [3.63, 3.8) is 0 Å². The van der Waals surface area contributed by atoms with Crippen molar-refractivity contribution in [3.05, 3.63) is 58.6 Å². The number of carbonyl (C=O) groups is 1. The van der Waals surface area contributed by atoms with Crippen LogP contribution in [0.2, 0.25) is 5.02 Å². The summed E-state index contributed by atoms with van der Waals surface area (Å²) in [5.74, 6) is -0.578. The molecule has 1 N–H and O–H groups in total. The zero-order valence-corrected chi connectivity index (χ0v) is 19.6. The molecule has 4 rings (SSSR count). The van der Waals surface area contributed by atoms with Crippen molar-refractivity contribution in [3.8, 4) is 5.69 Å². The van der Waals surface area contributed by atoms with Gasteiger partial charge >= 0.3 is 0 Å². The molecule has 3 aromatic rings. The van der Waals surface area contributed by atoms with Gasteiger partial charge in [0.2, 0.25) is 15.9 Å². The van der Waals surface area contributed by atoms with Crippen LogP contribution in [-0.4, -0.2) is 51.9 Å². The first kappa shape index (κ1) is 23.3. The van der Waals surface area contributed by atoms with Crippen molar-refractivity contribution in [1.82, 2.24) is 24.5 Å². The number of rotatable bonds is 5. The van der Waals surface area contributed by atoms with Crippen LogP contribution >= 0.6 is 11.6 Å². The summed E-state index contributed by atoms with van der Waals surface area (Å²) in [5.41, 5.74) is 2.31. The maximum Gasteiger partial charge on any atom is 0.243 e. The first-order valence-corrected chi connectivity index (χ1v) is 12.1. The molecule has 0 spiro atoms. The largest absolute Gasteiger partial charge is 0.326 e. The molecule has 1 amide bonds. The van der Waals surface area contributed by atoms with Crippen LogP contribution in [0.15, 0.2) is 41.3 Å². The third-order valence-electron chi connectivity index (χ3n) is 5.68. The van der Waals surface area contributed by atoms with E-state index in [-0.39, 0.29) is 34.8 Å². The van der Waals surface area contributed by atoms with Gasteiger partial charge in [0.25, 0.3) is 0 Å². The summed E-state index contributed by atoms with van der Waals surface area (Å²) in [6.45, 7) is 4.07. The van der Waals surface area contributed by atoms with Gasteiger partial charge in [-0.05, 0) is 73.0 Å². The summed E-state index contributed by atoms with van der Waals surface area (Å²) in [5, 5.41) is 14.2. The predicted molar refractivity (Wildman–Crippen MR) is 120 cm³/mol. The number of piperidine rings is 1. The number of benzene rings is 2. The van der Waals surface area contributed by atoms with E-state index in [2.05, 4.69) is 20.8 Å². The molecule has 9 nitrogen and oxygen atoms in total. The smallest absolute Gasteiger partial charge is 0.243 e. The fourth-order valence-corrected chi connectivity index (χ4v) is 5.50. The number of sulfonamides is 1. The van der Waals surface area contributed by atoms with Gasteiger partial charge in [0.15, 0.2) is 5.82 Å². The number of amides is 1. The molecule has 2 aromatic carbocycles. The first-order chi connectivity index (χ1) is 15.7. The van der Waals surface area contributed by atoms with Crippen molar-refractivity contribution in [1.29, 1.82) is 0 Å². The minimum atomic E-state index is -3.82. The second-order valence-electron chi connectivity index (χ2n) is 7.88. The maximum atomic E-state index is 13.4. The monoisotopic (exact) mass is 492 g/mol. The Balaban J connectivity index is 1.42. The molecule has 0 aliphatic carbocycles. The fourth-order valence-electron chi connectivity index (χ4n) is 3.76. The molecule has 33 heavy (non-hydrogen) atoms.